The van der Waals surface area contributed by atoms with Gasteiger partial charge < -0.3 is 9.88 Å². The van der Waals surface area contributed by atoms with Crippen molar-refractivity contribution in [1.82, 2.24) is 14.5 Å². The first-order chi connectivity index (χ1) is 12.3. The molecule has 0 spiro atoms. The van der Waals surface area contributed by atoms with Crippen molar-refractivity contribution in [3.63, 3.8) is 0 Å². The van der Waals surface area contributed by atoms with Gasteiger partial charge >= 0.3 is 0 Å². The minimum Gasteiger partial charge on any atom is -0.366 e. The van der Waals surface area contributed by atoms with E-state index in [0.717, 1.165) is 35.5 Å². The second-order valence-corrected chi connectivity index (χ2v) is 7.40. The Kier molecular flexibility index (Phi) is 5.03. The van der Waals surface area contributed by atoms with Crippen LogP contribution in [0.15, 0.2) is 18.3 Å². The summed E-state index contributed by atoms with van der Waals surface area (Å²) in [6.07, 6.45) is 4.35. The fourth-order valence-corrected chi connectivity index (χ4v) is 3.98. The molecule has 0 fully saturated rings. The van der Waals surface area contributed by atoms with E-state index in [1.807, 2.05) is 6.92 Å². The monoisotopic (exact) mass is 350 g/mol. The Hall–Kier alpha value is -2.36. The summed E-state index contributed by atoms with van der Waals surface area (Å²) in [7, 11) is 2.08. The summed E-state index contributed by atoms with van der Waals surface area (Å²) in [5, 5.41) is 3.63. The average molecular weight is 351 g/mol. The van der Waals surface area contributed by atoms with E-state index < -0.39 is 0 Å². The lowest BCUT2D eigenvalue weighted by Crippen LogP contribution is -2.19. The second-order valence-electron chi connectivity index (χ2n) is 7.40. The van der Waals surface area contributed by atoms with E-state index in [-0.39, 0.29) is 0 Å². The molecule has 0 radical (unpaired) electrons. The Labute approximate surface area is 156 Å². The molecule has 0 bridgehead atoms. The zero-order valence-corrected chi connectivity index (χ0v) is 17.1. The van der Waals surface area contributed by atoms with Crippen molar-refractivity contribution in [2.75, 3.05) is 5.32 Å². The van der Waals surface area contributed by atoms with Crippen LogP contribution in [0.1, 0.15) is 49.2 Å². The van der Waals surface area contributed by atoms with Crippen molar-refractivity contribution in [2.24, 2.45) is 7.05 Å². The molecule has 0 aliphatic rings. The van der Waals surface area contributed by atoms with E-state index >= 15 is 0 Å². The van der Waals surface area contributed by atoms with Gasteiger partial charge in [0, 0.05) is 24.8 Å². The van der Waals surface area contributed by atoms with E-state index in [9.17, 15) is 0 Å². The van der Waals surface area contributed by atoms with Gasteiger partial charge in [-0.15, -0.1) is 0 Å². The summed E-state index contributed by atoms with van der Waals surface area (Å²) in [6, 6.07) is 4.92. The minimum absolute atomic E-state index is 0.425. The highest BCUT2D eigenvalue weighted by Gasteiger charge is 2.19. The average Bonchev–Trinajstić information content (AvgIpc) is 2.88. The first-order valence-electron chi connectivity index (χ1n) is 9.54. The van der Waals surface area contributed by atoms with Crippen molar-refractivity contribution in [1.29, 1.82) is 0 Å². The predicted octanol–water partition coefficient (Wildman–Crippen LogP) is 5.47. The van der Waals surface area contributed by atoms with Crippen molar-refractivity contribution >= 4 is 16.9 Å². The third kappa shape index (κ3) is 3.20. The largest absolute Gasteiger partial charge is 0.366 e. The van der Waals surface area contributed by atoms with Crippen LogP contribution >= 0.6 is 0 Å². The van der Waals surface area contributed by atoms with Crippen LogP contribution in [0.5, 0.6) is 0 Å². The molecule has 0 aliphatic carbocycles. The molecule has 2 heterocycles. The zero-order valence-electron chi connectivity index (χ0n) is 17.1. The molecule has 26 heavy (non-hydrogen) atoms. The van der Waals surface area contributed by atoms with Crippen LogP contribution in [0.2, 0.25) is 0 Å². The molecule has 0 atom stereocenters. The Bertz CT molecular complexity index is 925. The number of hydrogen-bond donors (Lipinski definition) is 1. The Morgan fingerprint density at radius 3 is 2.19 bits per heavy atom. The summed E-state index contributed by atoms with van der Waals surface area (Å²) in [4.78, 5) is 9.55. The summed E-state index contributed by atoms with van der Waals surface area (Å²) < 4.78 is 2.16. The Balaban J connectivity index is 2.26. The Morgan fingerprint density at radius 2 is 1.62 bits per heavy atom. The van der Waals surface area contributed by atoms with E-state index in [0.29, 0.717) is 6.04 Å². The summed E-state index contributed by atoms with van der Waals surface area (Å²) in [5.41, 5.74) is 8.47. The van der Waals surface area contributed by atoms with Gasteiger partial charge in [-0.3, -0.25) is 0 Å². The number of aryl methyl sites for hydroxylation is 5. The fraction of sp³-hybridized carbons (Fsp3) is 0.455. The van der Waals surface area contributed by atoms with Crippen LogP contribution < -0.4 is 5.32 Å². The zero-order chi connectivity index (χ0) is 19.0. The molecule has 2 aromatic heterocycles. The number of fused-ring (bicyclic) bond motifs is 1. The van der Waals surface area contributed by atoms with Crippen molar-refractivity contribution in [3.8, 4) is 11.1 Å². The molecule has 0 saturated heterocycles. The lowest BCUT2D eigenvalue weighted by molar-refractivity contribution is 0.668. The van der Waals surface area contributed by atoms with E-state index in [1.165, 1.54) is 27.8 Å². The van der Waals surface area contributed by atoms with Gasteiger partial charge in [0.15, 0.2) is 5.82 Å². The number of nitrogens with zero attached hydrogens (tertiary/aromatic N) is 3. The van der Waals surface area contributed by atoms with Gasteiger partial charge in [0.25, 0.3) is 0 Å². The summed E-state index contributed by atoms with van der Waals surface area (Å²) in [6.45, 7) is 12.9. The number of aromatic nitrogens is 3. The van der Waals surface area contributed by atoms with E-state index in [4.69, 9.17) is 9.97 Å². The molecule has 0 aliphatic heterocycles. The third-order valence-electron chi connectivity index (χ3n) is 5.20. The molecule has 1 N–H and O–H groups in total. The quantitative estimate of drug-likeness (QED) is 0.663. The van der Waals surface area contributed by atoms with Crippen LogP contribution in [0.25, 0.3) is 22.2 Å². The highest BCUT2D eigenvalue weighted by Crippen LogP contribution is 2.36. The van der Waals surface area contributed by atoms with Crippen molar-refractivity contribution < 1.29 is 0 Å². The smallest absolute Gasteiger partial charge is 0.154 e. The van der Waals surface area contributed by atoms with E-state index in [1.54, 1.807) is 0 Å². The lowest BCUT2D eigenvalue weighted by atomic mass is 9.95. The molecule has 1 aromatic carbocycles. The number of anilines is 1. The number of rotatable bonds is 5. The van der Waals surface area contributed by atoms with Crippen LogP contribution in [0.3, 0.4) is 0 Å². The van der Waals surface area contributed by atoms with Gasteiger partial charge in [-0.05, 0) is 57.2 Å². The molecule has 0 unspecified atom stereocenters. The van der Waals surface area contributed by atoms with Crippen LogP contribution in [-0.2, 0) is 7.05 Å². The topological polar surface area (TPSA) is 42.7 Å². The molecule has 3 aromatic rings. The van der Waals surface area contributed by atoms with Gasteiger partial charge in [-0.2, -0.15) is 0 Å². The van der Waals surface area contributed by atoms with Gasteiger partial charge in [0.1, 0.15) is 16.9 Å². The number of hydrogen-bond acceptors (Lipinski definition) is 3. The van der Waals surface area contributed by atoms with E-state index in [2.05, 4.69) is 69.9 Å². The SMILES string of the molecule is CCC(CC)Nc1nc(C)nc2c(-c3c(C)cc(C)cc3C)cn(C)c12. The first kappa shape index (κ1) is 18.4. The highest BCUT2D eigenvalue weighted by molar-refractivity contribution is 5.99. The maximum Gasteiger partial charge on any atom is 0.154 e. The maximum atomic E-state index is 4.83. The van der Waals surface area contributed by atoms with Crippen LogP contribution in [-0.4, -0.2) is 20.6 Å². The highest BCUT2D eigenvalue weighted by atomic mass is 15.1. The third-order valence-corrected chi connectivity index (χ3v) is 5.20. The van der Waals surface area contributed by atoms with Crippen LogP contribution in [0.4, 0.5) is 5.82 Å². The molecule has 138 valence electrons. The fourth-order valence-electron chi connectivity index (χ4n) is 3.98. The number of benzene rings is 1. The molecular weight excluding hydrogens is 320 g/mol. The van der Waals surface area contributed by atoms with Gasteiger partial charge in [0.2, 0.25) is 0 Å². The van der Waals surface area contributed by atoms with Crippen LogP contribution in [0, 0.1) is 27.7 Å². The molecular formula is C22H30N4. The molecule has 0 saturated carbocycles. The van der Waals surface area contributed by atoms with Gasteiger partial charge in [0.05, 0.1) is 0 Å². The second kappa shape index (κ2) is 7.10. The first-order valence-corrected chi connectivity index (χ1v) is 9.54. The molecule has 4 nitrogen and oxygen atoms in total. The Morgan fingerprint density at radius 1 is 1.00 bits per heavy atom. The summed E-state index contributed by atoms with van der Waals surface area (Å²) in [5.74, 6) is 1.75. The molecule has 4 heteroatoms. The summed E-state index contributed by atoms with van der Waals surface area (Å²) >= 11 is 0. The normalized spacial score (nSPS) is 11.5. The molecule has 0 amide bonds. The lowest BCUT2D eigenvalue weighted by Gasteiger charge is -2.17. The van der Waals surface area contributed by atoms with Crippen molar-refractivity contribution in [2.45, 2.75) is 60.4 Å². The standard InChI is InChI=1S/C22H30N4/c1-8-17(9-2)25-22-21-20(23-16(6)24-22)18(12-26(21)7)19-14(4)10-13(3)11-15(19)5/h10-12,17H,8-9H2,1-7H3,(H,23,24,25). The van der Waals surface area contributed by atoms with Crippen molar-refractivity contribution in [3.05, 3.63) is 40.8 Å². The predicted molar refractivity (Wildman–Crippen MR) is 111 cm³/mol. The van der Waals surface area contributed by atoms with Gasteiger partial charge in [-0.1, -0.05) is 31.5 Å². The molecule has 3 rings (SSSR count). The van der Waals surface area contributed by atoms with Gasteiger partial charge in [-0.25, -0.2) is 9.97 Å². The number of nitrogens with one attached hydrogen (secondary N) is 1. The minimum atomic E-state index is 0.425. The maximum absolute atomic E-state index is 4.83.